The van der Waals surface area contributed by atoms with Crippen molar-refractivity contribution in [2.45, 2.75) is 25.1 Å². The minimum Gasteiger partial charge on any atom is -0.472 e. The first kappa shape index (κ1) is 16.3. The predicted molar refractivity (Wildman–Crippen MR) is 92.0 cm³/mol. The minimum atomic E-state index is 0.0570. The van der Waals surface area contributed by atoms with Crippen molar-refractivity contribution in [3.63, 3.8) is 0 Å². The second kappa shape index (κ2) is 6.98. The van der Waals surface area contributed by atoms with E-state index in [1.54, 1.807) is 25.6 Å². The van der Waals surface area contributed by atoms with Crippen LogP contribution in [0.15, 0.2) is 47.5 Å². The number of carbonyl (C=O) groups is 1. The molecule has 2 fully saturated rings. The summed E-state index contributed by atoms with van der Waals surface area (Å²) < 4.78 is 10.8. The molecule has 0 spiro atoms. The first-order valence-electron chi connectivity index (χ1n) is 8.73. The number of nitrogens with zero attached hydrogens (tertiary/aromatic N) is 3. The molecule has 2 aliphatic heterocycles. The Morgan fingerprint density at radius 2 is 2.32 bits per heavy atom. The van der Waals surface area contributed by atoms with Crippen molar-refractivity contribution in [2.24, 2.45) is 5.92 Å². The molecule has 0 aromatic carbocycles. The van der Waals surface area contributed by atoms with E-state index in [2.05, 4.69) is 16.0 Å². The van der Waals surface area contributed by atoms with Crippen LogP contribution in [0.5, 0.6) is 0 Å². The van der Waals surface area contributed by atoms with Crippen molar-refractivity contribution in [2.75, 3.05) is 26.7 Å². The van der Waals surface area contributed by atoms with Crippen LogP contribution in [0.2, 0.25) is 0 Å². The van der Waals surface area contributed by atoms with Gasteiger partial charge < -0.3 is 14.1 Å². The molecule has 1 amide bonds. The highest BCUT2D eigenvalue weighted by molar-refractivity contribution is 5.94. The van der Waals surface area contributed by atoms with Gasteiger partial charge in [-0.2, -0.15) is 0 Å². The number of piperidine rings is 1. The molecule has 3 atom stereocenters. The van der Waals surface area contributed by atoms with E-state index < -0.39 is 0 Å². The molecule has 4 rings (SSSR count). The summed E-state index contributed by atoms with van der Waals surface area (Å²) in [5.74, 6) is 0.396. The quantitative estimate of drug-likeness (QED) is 0.852. The summed E-state index contributed by atoms with van der Waals surface area (Å²) in [6.07, 6.45) is 7.86. The van der Waals surface area contributed by atoms with Crippen molar-refractivity contribution < 1.29 is 13.9 Å². The zero-order valence-corrected chi connectivity index (χ0v) is 14.4. The molecular weight excluding hydrogens is 318 g/mol. The van der Waals surface area contributed by atoms with E-state index in [0.717, 1.165) is 32.6 Å². The number of hydrogen-bond acceptors (Lipinski definition) is 5. The molecule has 0 bridgehead atoms. The fraction of sp³-hybridized carbons (Fsp3) is 0.474. The Hall–Kier alpha value is -2.18. The summed E-state index contributed by atoms with van der Waals surface area (Å²) >= 11 is 0. The van der Waals surface area contributed by atoms with E-state index in [9.17, 15) is 4.79 Å². The number of carbonyl (C=O) groups excluding carboxylic acids is 1. The number of ether oxygens (including phenoxy) is 1. The summed E-state index contributed by atoms with van der Waals surface area (Å²) in [7, 11) is 1.78. The third-order valence-corrected chi connectivity index (χ3v) is 5.40. The van der Waals surface area contributed by atoms with E-state index in [0.29, 0.717) is 11.5 Å². The highest BCUT2D eigenvalue weighted by Gasteiger charge is 2.46. The van der Waals surface area contributed by atoms with E-state index in [1.165, 1.54) is 11.8 Å². The molecule has 0 saturated carbocycles. The van der Waals surface area contributed by atoms with Crippen LogP contribution in [0, 0.1) is 5.92 Å². The van der Waals surface area contributed by atoms with E-state index in [-0.39, 0.29) is 18.1 Å². The van der Waals surface area contributed by atoms with Crippen LogP contribution in [-0.4, -0.2) is 59.6 Å². The Labute approximate surface area is 147 Å². The van der Waals surface area contributed by atoms with Crippen LogP contribution in [0.1, 0.15) is 22.3 Å². The molecule has 6 nitrogen and oxygen atoms in total. The maximum absolute atomic E-state index is 12.9. The number of furan rings is 1. The van der Waals surface area contributed by atoms with Crippen LogP contribution in [0.25, 0.3) is 0 Å². The number of aromatic nitrogens is 1. The van der Waals surface area contributed by atoms with Crippen molar-refractivity contribution in [3.05, 3.63) is 54.2 Å². The lowest BCUT2D eigenvalue weighted by Crippen LogP contribution is -2.53. The molecule has 2 aromatic rings. The van der Waals surface area contributed by atoms with Gasteiger partial charge in [-0.1, -0.05) is 6.07 Å². The SMILES string of the molecule is CO[C@@H]1CCN(C(=O)c2ccoc2)[C@@H]2CN(Cc3cccnc3)C[C@@H]21. The van der Waals surface area contributed by atoms with E-state index in [4.69, 9.17) is 9.15 Å². The molecule has 6 heteroatoms. The van der Waals surface area contributed by atoms with Gasteiger partial charge in [-0.3, -0.25) is 14.7 Å². The number of rotatable bonds is 4. The van der Waals surface area contributed by atoms with Gasteiger partial charge in [-0.05, 0) is 24.1 Å². The number of fused-ring (bicyclic) bond motifs is 1. The number of likely N-dealkylation sites (tertiary alicyclic amines) is 2. The van der Waals surface area contributed by atoms with Crippen molar-refractivity contribution in [1.82, 2.24) is 14.8 Å². The summed E-state index contributed by atoms with van der Waals surface area (Å²) in [6, 6.07) is 5.97. The molecular formula is C19H23N3O3. The third kappa shape index (κ3) is 3.19. The largest absolute Gasteiger partial charge is 0.472 e. The maximum atomic E-state index is 12.9. The van der Waals surface area contributed by atoms with Crippen LogP contribution >= 0.6 is 0 Å². The zero-order valence-electron chi connectivity index (χ0n) is 14.4. The van der Waals surface area contributed by atoms with Crippen molar-refractivity contribution in [3.8, 4) is 0 Å². The second-order valence-corrected chi connectivity index (χ2v) is 6.86. The lowest BCUT2D eigenvalue weighted by Gasteiger charge is -2.41. The average molecular weight is 341 g/mol. The van der Waals surface area contributed by atoms with Gasteiger partial charge in [0, 0.05) is 51.6 Å². The Kier molecular flexibility index (Phi) is 4.55. The molecule has 25 heavy (non-hydrogen) atoms. The Morgan fingerprint density at radius 3 is 3.04 bits per heavy atom. The number of amides is 1. The standard InChI is InChI=1S/C19H23N3O3/c1-24-18-4-7-22(19(23)15-5-8-25-13-15)17-12-21(11-16(17)18)10-14-3-2-6-20-9-14/h2-3,5-6,8-9,13,16-18H,4,7,10-12H2,1H3/t16-,17+,18+/m0/s1. The van der Waals surface area contributed by atoms with Gasteiger partial charge in [0.2, 0.25) is 0 Å². The molecule has 2 aliphatic rings. The van der Waals surface area contributed by atoms with Gasteiger partial charge in [-0.15, -0.1) is 0 Å². The lowest BCUT2D eigenvalue weighted by atomic mass is 9.88. The lowest BCUT2D eigenvalue weighted by molar-refractivity contribution is -0.0157. The van der Waals surface area contributed by atoms with E-state index >= 15 is 0 Å². The van der Waals surface area contributed by atoms with Gasteiger partial charge in [-0.25, -0.2) is 0 Å². The molecule has 132 valence electrons. The van der Waals surface area contributed by atoms with Gasteiger partial charge in [0.1, 0.15) is 6.26 Å². The molecule has 0 radical (unpaired) electrons. The van der Waals surface area contributed by atoms with Crippen LogP contribution < -0.4 is 0 Å². The fourth-order valence-electron chi connectivity index (χ4n) is 4.21. The summed E-state index contributed by atoms with van der Waals surface area (Å²) in [4.78, 5) is 21.5. The fourth-order valence-corrected chi connectivity index (χ4v) is 4.21. The first-order valence-corrected chi connectivity index (χ1v) is 8.73. The summed E-state index contributed by atoms with van der Waals surface area (Å²) in [6.45, 7) is 3.38. The molecule has 0 N–H and O–H groups in total. The predicted octanol–water partition coefficient (Wildman–Crippen LogP) is 2.04. The zero-order chi connectivity index (χ0) is 17.2. The Morgan fingerprint density at radius 1 is 1.40 bits per heavy atom. The topological polar surface area (TPSA) is 58.8 Å². The normalized spacial score (nSPS) is 26.6. The highest BCUT2D eigenvalue weighted by Crippen LogP contribution is 2.34. The monoisotopic (exact) mass is 341 g/mol. The number of pyridine rings is 1. The van der Waals surface area contributed by atoms with Crippen LogP contribution in [0.4, 0.5) is 0 Å². The number of hydrogen-bond donors (Lipinski definition) is 0. The van der Waals surface area contributed by atoms with Crippen molar-refractivity contribution >= 4 is 5.91 Å². The van der Waals surface area contributed by atoms with Gasteiger partial charge in [0.25, 0.3) is 5.91 Å². The third-order valence-electron chi connectivity index (χ3n) is 5.40. The smallest absolute Gasteiger partial charge is 0.257 e. The average Bonchev–Trinajstić information content (AvgIpc) is 3.31. The molecule has 2 aromatic heterocycles. The second-order valence-electron chi connectivity index (χ2n) is 6.86. The van der Waals surface area contributed by atoms with Crippen LogP contribution in [0.3, 0.4) is 0 Å². The Balaban J connectivity index is 1.52. The Bertz CT molecular complexity index is 704. The molecule has 2 saturated heterocycles. The van der Waals surface area contributed by atoms with Gasteiger partial charge in [0.15, 0.2) is 0 Å². The van der Waals surface area contributed by atoms with Crippen molar-refractivity contribution in [1.29, 1.82) is 0 Å². The molecule has 0 unspecified atom stereocenters. The molecule has 4 heterocycles. The highest BCUT2D eigenvalue weighted by atomic mass is 16.5. The van der Waals surface area contributed by atoms with Crippen LogP contribution in [-0.2, 0) is 11.3 Å². The summed E-state index contributed by atoms with van der Waals surface area (Å²) in [5.41, 5.74) is 1.82. The maximum Gasteiger partial charge on any atom is 0.257 e. The van der Waals surface area contributed by atoms with Gasteiger partial charge >= 0.3 is 0 Å². The first-order chi connectivity index (χ1) is 12.3. The van der Waals surface area contributed by atoms with E-state index in [1.807, 2.05) is 17.2 Å². The van der Waals surface area contributed by atoms with Gasteiger partial charge in [0.05, 0.1) is 24.0 Å². The molecule has 0 aliphatic carbocycles. The summed E-state index contributed by atoms with van der Waals surface area (Å²) in [5, 5.41) is 0. The minimum absolute atomic E-state index is 0.0570. The number of methoxy groups -OCH3 is 1.